The topological polar surface area (TPSA) is 241 Å². The summed E-state index contributed by atoms with van der Waals surface area (Å²) in [6.45, 7) is 35.9. The van der Waals surface area contributed by atoms with E-state index in [1.807, 2.05) is 212 Å². The highest BCUT2D eigenvalue weighted by molar-refractivity contribution is 7.92. The van der Waals surface area contributed by atoms with Gasteiger partial charge in [0.25, 0.3) is 0 Å². The quantitative estimate of drug-likeness (QED) is 0.0205. The maximum absolute atomic E-state index is 13.9. The first-order valence-electron chi connectivity index (χ1n) is 45.8. The Hall–Kier alpha value is -12.1. The first kappa shape index (κ1) is 107. The number of benzene rings is 9. The second-order valence-electron chi connectivity index (χ2n) is 34.1. The molecule has 0 radical (unpaired) electrons. The molecule has 9 aromatic carbocycles. The van der Waals surface area contributed by atoms with E-state index in [-0.39, 0.29) is 75.0 Å². The summed E-state index contributed by atoms with van der Waals surface area (Å²) in [5.41, 5.74) is 9.09. The molecule has 9 atom stereocenters. The Morgan fingerprint density at radius 1 is 0.455 bits per heavy atom. The fourth-order valence-corrected chi connectivity index (χ4v) is 17.0. The molecule has 3 aliphatic rings. The zero-order valence-electron chi connectivity index (χ0n) is 78.6. The van der Waals surface area contributed by atoms with Gasteiger partial charge in [0.15, 0.2) is 5.78 Å². The number of hydrogen-bond acceptors (Lipinski definition) is 18. The molecular weight excluding hydrogens is 1700 g/mol. The summed E-state index contributed by atoms with van der Waals surface area (Å²) in [7, 11) is -0.898. The second kappa shape index (κ2) is 59.5. The summed E-state index contributed by atoms with van der Waals surface area (Å²) in [6.07, 6.45) is 13.9. The Balaban J connectivity index is 0.000000210. The van der Waals surface area contributed by atoms with Gasteiger partial charge in [-0.25, -0.2) is 18.0 Å². The molecule has 0 aliphatic carbocycles. The predicted octanol–water partition coefficient (Wildman–Crippen LogP) is 18.8. The number of rotatable bonds is 44. The van der Waals surface area contributed by atoms with Crippen LogP contribution in [0.3, 0.4) is 0 Å². The first-order chi connectivity index (χ1) is 65.0. The molecule has 22 nitrogen and oxygen atoms in total. The molecular formula is C111H137N7O15S. The third kappa shape index (κ3) is 38.1. The van der Waals surface area contributed by atoms with E-state index >= 15 is 0 Å². The van der Waals surface area contributed by atoms with E-state index in [2.05, 4.69) is 133 Å². The van der Waals surface area contributed by atoms with Gasteiger partial charge in [-0.15, -0.1) is 32.9 Å². The average Bonchev–Trinajstić information content (AvgIpc) is 0.794. The number of Topliss-reactive ketones (excluding diaryl/α,β-unsaturated/α-hetero) is 1. The molecule has 2 N–H and O–H groups in total. The van der Waals surface area contributed by atoms with E-state index in [4.69, 9.17) is 33.2 Å². The van der Waals surface area contributed by atoms with E-state index in [1.54, 1.807) is 48.2 Å². The number of amides is 3. The van der Waals surface area contributed by atoms with Crippen LogP contribution in [0.5, 0.6) is 0 Å². The Bertz CT molecular complexity index is 5090. The van der Waals surface area contributed by atoms with Crippen LogP contribution in [0.2, 0.25) is 0 Å². The molecule has 3 fully saturated rings. The predicted molar refractivity (Wildman–Crippen MR) is 531 cm³/mol. The van der Waals surface area contributed by atoms with Crippen LogP contribution in [-0.4, -0.2) is 176 Å². The van der Waals surface area contributed by atoms with E-state index in [9.17, 15) is 37.2 Å². The van der Waals surface area contributed by atoms with Crippen molar-refractivity contribution in [1.29, 1.82) is 0 Å². The van der Waals surface area contributed by atoms with Gasteiger partial charge in [0.05, 0.1) is 85.1 Å². The molecule has 0 bridgehead atoms. The smallest absolute Gasteiger partial charge is 0.408 e. The molecule has 23 heteroatoms. The van der Waals surface area contributed by atoms with Gasteiger partial charge in [-0.3, -0.25) is 29.0 Å². The number of likely N-dealkylation sites (tertiary alicyclic amines) is 2. The minimum atomic E-state index is -3.56. The summed E-state index contributed by atoms with van der Waals surface area (Å²) in [5, 5.41) is 6.80. The molecule has 3 heterocycles. The van der Waals surface area contributed by atoms with Gasteiger partial charge in [-0.2, -0.15) is 4.31 Å². The van der Waals surface area contributed by atoms with Gasteiger partial charge >= 0.3 is 18.0 Å². The van der Waals surface area contributed by atoms with Crippen molar-refractivity contribution in [2.45, 2.75) is 179 Å². The van der Waals surface area contributed by atoms with E-state index in [0.717, 1.165) is 71.5 Å². The number of piperazine rings is 1. The van der Waals surface area contributed by atoms with Crippen molar-refractivity contribution in [3.05, 3.63) is 398 Å². The standard InChI is InChI=1S/C28H36N2O6.C24H30N2O3S.C23H25NO3.C23H29NO.C13H17NO2/c1-6-13-24(26(32)34-5)30(18-21-14-9-7-10-15-21)25(31)23(29-27(33)36-28(2,3)4)20-35-19-22-16-11-8-12-17-22;1-3-11-23-18-26(30(27,28)4-2)24(20-29-19-22-14-9-6-10-15-22)17-25(23)16-21-12-7-5-8-13-21;1-2-9-21-22(25)14-20(17-27-16-19-12-7-4-8-13-19)23(26)24(21)15-18-10-5-3-6-11-18;1-2-9-23-15-14-22(19-25-18-21-12-7-4-8-13-21)17-24(23)16-20-10-5-3-6-11-20;1-3-7-12(13(15)16-2)14-10-11-8-5-4-6-9-11/h6-12,14-17,23-24H,1,13,18-20H2,2-5H3,(H,29,33);3-10,12-15,23-24H,1-2,11,16-20H2;2-8,10-13,20-21H,1,9,14-17H2;2-8,10-13,22-23H,1,9,14-19H2;3-6,8-9,12,14H,1,7,10H2,2H3/t23-,24+;23-,24-;20-,21+;22-,23-;12-/m01011/s1. The number of nitrogens with one attached hydrogen (secondary N) is 2. The molecule has 712 valence electrons. The molecule has 0 aromatic heterocycles. The van der Waals surface area contributed by atoms with Crippen molar-refractivity contribution in [1.82, 2.24) is 34.5 Å². The summed E-state index contributed by atoms with van der Waals surface area (Å²) in [5.74, 6) is -1.08. The molecule has 9 aromatic rings. The lowest BCUT2D eigenvalue weighted by atomic mass is 9.89. The van der Waals surface area contributed by atoms with Gasteiger partial charge < -0.3 is 53.6 Å². The Kier molecular flexibility index (Phi) is 47.6. The van der Waals surface area contributed by atoms with Crippen molar-refractivity contribution < 1.29 is 70.3 Å². The Morgan fingerprint density at radius 2 is 0.873 bits per heavy atom. The molecule has 134 heavy (non-hydrogen) atoms. The minimum absolute atomic E-state index is 0.0154. The number of carbonyl (C=O) groups is 6. The summed E-state index contributed by atoms with van der Waals surface area (Å²) >= 11 is 0. The lowest BCUT2D eigenvalue weighted by molar-refractivity contribution is -0.154. The molecule has 12 rings (SSSR count). The largest absolute Gasteiger partial charge is 0.468 e. The number of ether oxygens (including phenoxy) is 7. The van der Waals surface area contributed by atoms with Crippen LogP contribution in [-0.2, 0) is 126 Å². The highest BCUT2D eigenvalue weighted by Gasteiger charge is 2.42. The number of sulfonamides is 1. The average molecular weight is 1840 g/mol. The Labute approximate surface area is 795 Å². The van der Waals surface area contributed by atoms with Gasteiger partial charge in [0.1, 0.15) is 23.7 Å². The number of alkyl carbamates (subject to hydrolysis) is 1. The van der Waals surface area contributed by atoms with E-state index < -0.39 is 57.6 Å². The molecule has 0 saturated carbocycles. The number of hydrogen-bond donors (Lipinski definition) is 2. The number of piperidine rings is 2. The number of ketones is 1. The van der Waals surface area contributed by atoms with Gasteiger partial charge in [-0.1, -0.05) is 310 Å². The van der Waals surface area contributed by atoms with Crippen LogP contribution in [0, 0.1) is 11.8 Å². The number of methoxy groups -OCH3 is 2. The van der Waals surface area contributed by atoms with Crippen molar-refractivity contribution in [2.75, 3.05) is 60.3 Å². The molecule has 3 saturated heterocycles. The normalized spacial score (nSPS) is 17.4. The summed E-state index contributed by atoms with van der Waals surface area (Å²) in [6, 6.07) is 87.2. The van der Waals surface area contributed by atoms with Gasteiger partial charge in [0.2, 0.25) is 21.8 Å². The lowest BCUT2D eigenvalue weighted by Gasteiger charge is -2.45. The first-order valence-corrected chi connectivity index (χ1v) is 47.3. The van der Waals surface area contributed by atoms with Crippen molar-refractivity contribution >= 4 is 45.7 Å². The SMILES string of the molecule is C=CC[C@@H](NCc1ccccc1)C(=O)OC.C=CC[C@@H]1C(=O)C[C@@H](COCc2ccccc2)C(=O)N1Cc1ccccc1.C=CC[C@@H]1CC[C@@H](COCc2ccccc2)CN1Cc1ccccc1.C=CC[C@@H]1CN(S(=O)(=O)C=C)[C@@H](COCc2ccccc2)CN1Cc1ccccc1.C=CC[C@H](C(=O)OC)N(Cc1ccccc1)C(=O)[C@H](COCc1ccccc1)NC(=O)OC(C)(C)C. The van der Waals surface area contributed by atoms with Gasteiger partial charge in [0, 0.05) is 76.3 Å². The maximum atomic E-state index is 13.9. The molecule has 0 unspecified atom stereocenters. The van der Waals surface area contributed by atoms with Crippen molar-refractivity contribution in [3.8, 4) is 0 Å². The fraction of sp³-hybridized carbons (Fsp3) is 0.351. The van der Waals surface area contributed by atoms with Crippen LogP contribution in [0.4, 0.5) is 4.79 Å². The Morgan fingerprint density at radius 3 is 1.32 bits per heavy atom. The van der Waals surface area contributed by atoms with E-state index in [0.29, 0.717) is 83.8 Å². The zero-order valence-corrected chi connectivity index (χ0v) is 79.4. The maximum Gasteiger partial charge on any atom is 0.408 e. The molecule has 3 aliphatic heterocycles. The van der Waals surface area contributed by atoms with Gasteiger partial charge in [-0.05, 0) is 122 Å². The highest BCUT2D eigenvalue weighted by atomic mass is 32.2. The zero-order chi connectivity index (χ0) is 96.1. The summed E-state index contributed by atoms with van der Waals surface area (Å²) in [4.78, 5) is 84.3. The van der Waals surface area contributed by atoms with E-state index in [1.165, 1.54) is 48.7 Å². The minimum Gasteiger partial charge on any atom is -0.468 e. The highest BCUT2D eigenvalue weighted by Crippen LogP contribution is 2.30. The monoisotopic (exact) mass is 1840 g/mol. The second-order valence-corrected chi connectivity index (χ2v) is 35.9. The number of esters is 2. The van der Waals surface area contributed by atoms with Crippen LogP contribution in [0.15, 0.2) is 348 Å². The summed E-state index contributed by atoms with van der Waals surface area (Å²) < 4.78 is 65.5. The third-order valence-electron chi connectivity index (χ3n) is 22.7. The third-order valence-corrected chi connectivity index (χ3v) is 24.2. The van der Waals surface area contributed by atoms with Crippen LogP contribution < -0.4 is 10.6 Å². The van der Waals surface area contributed by atoms with Crippen molar-refractivity contribution in [3.63, 3.8) is 0 Å². The molecule has 3 amide bonds. The molecule has 0 spiro atoms. The van der Waals surface area contributed by atoms with Crippen LogP contribution in [0.1, 0.15) is 122 Å². The lowest BCUT2D eigenvalue weighted by Crippen LogP contribution is -2.60. The number of nitrogens with zero attached hydrogens (tertiary/aromatic N) is 5. The van der Waals surface area contributed by atoms with Crippen molar-refractivity contribution in [2.24, 2.45) is 11.8 Å². The van der Waals surface area contributed by atoms with Crippen LogP contribution >= 0.6 is 0 Å². The number of carbonyl (C=O) groups excluding carboxylic acids is 6. The van der Waals surface area contributed by atoms with Crippen LogP contribution in [0.25, 0.3) is 0 Å². The fourth-order valence-electron chi connectivity index (χ4n) is 15.9.